The molecule has 1 heterocycles. The lowest BCUT2D eigenvalue weighted by atomic mass is 10.0. The van der Waals surface area contributed by atoms with Gasteiger partial charge in [-0.2, -0.15) is 0 Å². The lowest BCUT2D eigenvalue weighted by Crippen LogP contribution is -2.35. The normalized spacial score (nSPS) is 11.8. The molecule has 0 amide bonds. The SMILES string of the molecule is CCCc1cc(CCC)c(CNC(C)(C)C)c(N)n1. The summed E-state index contributed by atoms with van der Waals surface area (Å²) in [5.74, 6) is 0.700. The van der Waals surface area contributed by atoms with E-state index >= 15 is 0 Å². The van der Waals surface area contributed by atoms with Gasteiger partial charge in [0, 0.05) is 23.3 Å². The average Bonchev–Trinajstić information content (AvgIpc) is 2.27. The third-order valence-corrected chi connectivity index (χ3v) is 3.12. The molecule has 3 nitrogen and oxygen atoms in total. The topological polar surface area (TPSA) is 50.9 Å². The zero-order valence-electron chi connectivity index (χ0n) is 13.1. The first kappa shape index (κ1) is 16.0. The van der Waals surface area contributed by atoms with Crippen molar-refractivity contribution in [1.29, 1.82) is 0 Å². The number of aromatic nitrogens is 1. The number of nitrogens with two attached hydrogens (primary N) is 1. The predicted octanol–water partition coefficient (Wildman–Crippen LogP) is 3.46. The maximum Gasteiger partial charge on any atom is 0.128 e. The standard InChI is InChI=1S/C16H29N3/c1-6-8-12-10-13(9-7-2)19-15(17)14(12)11-18-16(3,4)5/h10,18H,6-9,11H2,1-5H3,(H2,17,19). The van der Waals surface area contributed by atoms with Crippen LogP contribution in [0.2, 0.25) is 0 Å². The Morgan fingerprint density at radius 1 is 1.16 bits per heavy atom. The molecule has 0 bridgehead atoms. The summed E-state index contributed by atoms with van der Waals surface area (Å²) in [6, 6.07) is 2.24. The number of anilines is 1. The second kappa shape index (κ2) is 6.90. The van der Waals surface area contributed by atoms with Crippen LogP contribution < -0.4 is 11.1 Å². The predicted molar refractivity (Wildman–Crippen MR) is 83.2 cm³/mol. The highest BCUT2D eigenvalue weighted by atomic mass is 15.0. The number of nitrogen functional groups attached to an aromatic ring is 1. The molecule has 0 aliphatic heterocycles. The van der Waals surface area contributed by atoms with Crippen LogP contribution in [-0.2, 0) is 19.4 Å². The Hall–Kier alpha value is -1.09. The zero-order chi connectivity index (χ0) is 14.5. The van der Waals surface area contributed by atoms with E-state index in [1.54, 1.807) is 0 Å². The lowest BCUT2D eigenvalue weighted by molar-refractivity contribution is 0.423. The van der Waals surface area contributed by atoms with E-state index in [2.05, 4.69) is 51.0 Å². The Bertz CT molecular complexity index is 405. The fraction of sp³-hybridized carbons (Fsp3) is 0.688. The molecular weight excluding hydrogens is 234 g/mol. The molecule has 0 fully saturated rings. The second-order valence-corrected chi connectivity index (χ2v) is 6.24. The number of nitrogens with one attached hydrogen (secondary N) is 1. The van der Waals surface area contributed by atoms with Gasteiger partial charge in [-0.25, -0.2) is 4.98 Å². The zero-order valence-corrected chi connectivity index (χ0v) is 13.1. The summed E-state index contributed by atoms with van der Waals surface area (Å²) in [4.78, 5) is 4.54. The molecule has 0 atom stereocenters. The summed E-state index contributed by atoms with van der Waals surface area (Å²) in [5, 5.41) is 3.51. The van der Waals surface area contributed by atoms with Gasteiger partial charge in [0.2, 0.25) is 0 Å². The first-order chi connectivity index (χ1) is 8.87. The van der Waals surface area contributed by atoms with Crippen molar-refractivity contribution in [2.45, 2.75) is 72.4 Å². The lowest BCUT2D eigenvalue weighted by Gasteiger charge is -2.22. The maximum atomic E-state index is 6.16. The minimum atomic E-state index is 0.0953. The minimum absolute atomic E-state index is 0.0953. The fourth-order valence-corrected chi connectivity index (χ4v) is 2.14. The van der Waals surface area contributed by atoms with Crippen LogP contribution in [0.15, 0.2) is 6.07 Å². The van der Waals surface area contributed by atoms with Gasteiger partial charge < -0.3 is 11.1 Å². The minimum Gasteiger partial charge on any atom is -0.383 e. The first-order valence-corrected chi connectivity index (χ1v) is 7.39. The third-order valence-electron chi connectivity index (χ3n) is 3.12. The van der Waals surface area contributed by atoms with Crippen LogP contribution in [0.25, 0.3) is 0 Å². The van der Waals surface area contributed by atoms with E-state index in [-0.39, 0.29) is 5.54 Å². The molecule has 0 aromatic carbocycles. The van der Waals surface area contributed by atoms with Gasteiger partial charge in [-0.05, 0) is 45.2 Å². The van der Waals surface area contributed by atoms with Gasteiger partial charge in [-0.1, -0.05) is 26.7 Å². The Kier molecular flexibility index (Phi) is 5.80. The number of pyridine rings is 1. The van der Waals surface area contributed by atoms with Gasteiger partial charge in [-0.15, -0.1) is 0 Å². The van der Waals surface area contributed by atoms with Crippen molar-refractivity contribution < 1.29 is 0 Å². The van der Waals surface area contributed by atoms with Crippen molar-refractivity contribution in [1.82, 2.24) is 10.3 Å². The van der Waals surface area contributed by atoms with Crippen molar-refractivity contribution in [3.05, 3.63) is 22.9 Å². The monoisotopic (exact) mass is 263 g/mol. The highest BCUT2D eigenvalue weighted by Crippen LogP contribution is 2.20. The molecule has 1 aromatic heterocycles. The summed E-state index contributed by atoms with van der Waals surface area (Å²) < 4.78 is 0. The molecule has 0 spiro atoms. The van der Waals surface area contributed by atoms with Gasteiger partial charge in [-0.3, -0.25) is 0 Å². The van der Waals surface area contributed by atoms with Crippen LogP contribution in [0.1, 0.15) is 64.3 Å². The van der Waals surface area contributed by atoms with Crippen molar-refractivity contribution in [2.75, 3.05) is 5.73 Å². The van der Waals surface area contributed by atoms with E-state index < -0.39 is 0 Å². The molecule has 0 aliphatic carbocycles. The number of hydrogen-bond acceptors (Lipinski definition) is 3. The number of nitrogens with zero attached hydrogens (tertiary/aromatic N) is 1. The highest BCUT2D eigenvalue weighted by Gasteiger charge is 2.14. The highest BCUT2D eigenvalue weighted by molar-refractivity contribution is 5.46. The molecule has 0 aliphatic rings. The maximum absolute atomic E-state index is 6.16. The molecule has 108 valence electrons. The third kappa shape index (κ3) is 5.19. The summed E-state index contributed by atoms with van der Waals surface area (Å²) in [5.41, 5.74) is 9.92. The summed E-state index contributed by atoms with van der Waals surface area (Å²) in [6.07, 6.45) is 4.33. The molecule has 0 saturated heterocycles. The van der Waals surface area contributed by atoms with Gasteiger partial charge in [0.15, 0.2) is 0 Å². The molecule has 0 saturated carbocycles. The number of rotatable bonds is 6. The fourth-order valence-electron chi connectivity index (χ4n) is 2.14. The molecule has 0 radical (unpaired) electrons. The van der Waals surface area contributed by atoms with Crippen LogP contribution in [0.4, 0.5) is 5.82 Å². The number of aryl methyl sites for hydroxylation is 2. The van der Waals surface area contributed by atoms with E-state index in [0.717, 1.165) is 37.9 Å². The van der Waals surface area contributed by atoms with E-state index in [4.69, 9.17) is 5.73 Å². The summed E-state index contributed by atoms with van der Waals surface area (Å²) >= 11 is 0. The molecule has 0 unspecified atom stereocenters. The van der Waals surface area contributed by atoms with Crippen molar-refractivity contribution in [2.24, 2.45) is 0 Å². The summed E-state index contributed by atoms with van der Waals surface area (Å²) in [7, 11) is 0. The van der Waals surface area contributed by atoms with Crippen molar-refractivity contribution in [3.63, 3.8) is 0 Å². The van der Waals surface area contributed by atoms with Crippen LogP contribution in [0, 0.1) is 0 Å². The van der Waals surface area contributed by atoms with Gasteiger partial charge in [0.1, 0.15) is 5.82 Å². The Balaban J connectivity index is 3.00. The average molecular weight is 263 g/mol. The van der Waals surface area contributed by atoms with Crippen LogP contribution in [0.5, 0.6) is 0 Å². The summed E-state index contributed by atoms with van der Waals surface area (Å²) in [6.45, 7) is 11.7. The van der Waals surface area contributed by atoms with Crippen molar-refractivity contribution in [3.8, 4) is 0 Å². The van der Waals surface area contributed by atoms with Gasteiger partial charge in [0.25, 0.3) is 0 Å². The largest absolute Gasteiger partial charge is 0.383 e. The Morgan fingerprint density at radius 3 is 2.32 bits per heavy atom. The van der Waals surface area contributed by atoms with E-state index in [0.29, 0.717) is 5.82 Å². The molecular formula is C16H29N3. The van der Waals surface area contributed by atoms with Crippen molar-refractivity contribution >= 4 is 5.82 Å². The molecule has 19 heavy (non-hydrogen) atoms. The number of hydrogen-bond donors (Lipinski definition) is 2. The smallest absolute Gasteiger partial charge is 0.128 e. The van der Waals surface area contributed by atoms with Crippen LogP contribution >= 0.6 is 0 Å². The van der Waals surface area contributed by atoms with Crippen LogP contribution in [-0.4, -0.2) is 10.5 Å². The first-order valence-electron chi connectivity index (χ1n) is 7.39. The quantitative estimate of drug-likeness (QED) is 0.826. The van der Waals surface area contributed by atoms with E-state index in [1.165, 1.54) is 11.1 Å². The van der Waals surface area contributed by atoms with Gasteiger partial charge in [0.05, 0.1) is 0 Å². The van der Waals surface area contributed by atoms with Gasteiger partial charge >= 0.3 is 0 Å². The van der Waals surface area contributed by atoms with E-state index in [9.17, 15) is 0 Å². The van der Waals surface area contributed by atoms with Crippen LogP contribution in [0.3, 0.4) is 0 Å². The molecule has 1 rings (SSSR count). The molecule has 1 aromatic rings. The molecule has 3 heteroatoms. The van der Waals surface area contributed by atoms with E-state index in [1.807, 2.05) is 0 Å². The Labute approximate surface area is 118 Å². The second-order valence-electron chi connectivity index (χ2n) is 6.24. The molecule has 3 N–H and O–H groups in total. The Morgan fingerprint density at radius 2 is 1.79 bits per heavy atom.